The van der Waals surface area contributed by atoms with Gasteiger partial charge in [0.05, 0.1) is 0 Å². The number of amides is 1. The summed E-state index contributed by atoms with van der Waals surface area (Å²) in [5.41, 5.74) is -0.701. The topological polar surface area (TPSA) is 97.0 Å². The summed E-state index contributed by atoms with van der Waals surface area (Å²) in [6.45, 7) is 11.2. The summed E-state index contributed by atoms with van der Waals surface area (Å²) in [4.78, 5) is 18.9. The van der Waals surface area contributed by atoms with Crippen molar-refractivity contribution in [2.24, 2.45) is 16.0 Å². The van der Waals surface area contributed by atoms with Gasteiger partial charge in [-0.2, -0.15) is 0 Å². The van der Waals surface area contributed by atoms with E-state index in [9.17, 15) is 9.00 Å². The molecule has 3 N–H and O–H groups in total. The highest BCUT2D eigenvalue weighted by Gasteiger charge is 2.42. The third-order valence-electron chi connectivity index (χ3n) is 4.61. The molecule has 2 heterocycles. The van der Waals surface area contributed by atoms with Crippen LogP contribution in [0.4, 0.5) is 4.79 Å². The van der Waals surface area contributed by atoms with Gasteiger partial charge in [-0.3, -0.25) is 4.99 Å². The van der Waals surface area contributed by atoms with E-state index in [4.69, 9.17) is 9.88 Å². The van der Waals surface area contributed by atoms with Crippen molar-refractivity contribution < 1.29 is 13.7 Å². The van der Waals surface area contributed by atoms with E-state index in [1.807, 2.05) is 31.7 Å². The number of hydrogen-bond donors (Lipinski definition) is 2. The fraction of sp³-hybridized carbons (Fsp3) is 0.778. The molecule has 2 aliphatic heterocycles. The third-order valence-corrected chi connectivity index (χ3v) is 5.31. The first-order chi connectivity index (χ1) is 12.0. The molecule has 0 aromatic heterocycles. The van der Waals surface area contributed by atoms with Gasteiger partial charge in [0.2, 0.25) is 0 Å². The molecule has 0 aliphatic carbocycles. The maximum Gasteiger partial charge on any atom is 0.410 e. The lowest BCUT2D eigenvalue weighted by atomic mass is 9.94. The maximum atomic E-state index is 12.5. The Bertz CT molecular complexity index is 622. The average Bonchev–Trinajstić information content (AvgIpc) is 2.80. The number of likely N-dealkylation sites (tertiary alicyclic amines) is 1. The minimum absolute atomic E-state index is 0.213. The van der Waals surface area contributed by atoms with Crippen molar-refractivity contribution in [1.82, 2.24) is 10.2 Å². The van der Waals surface area contributed by atoms with Gasteiger partial charge in [0.1, 0.15) is 27.5 Å². The molecular weight excluding hydrogens is 352 g/mol. The zero-order valence-corrected chi connectivity index (χ0v) is 17.3. The summed E-state index contributed by atoms with van der Waals surface area (Å²) < 4.78 is 16.9. The molecule has 0 saturated carbocycles. The molecule has 1 fully saturated rings. The number of nitrogens with one attached hydrogen (secondary N) is 1. The summed E-state index contributed by atoms with van der Waals surface area (Å²) >= 11 is 0. The number of allylic oxidation sites excluding steroid dienone is 1. The Balaban J connectivity index is 1.88. The summed E-state index contributed by atoms with van der Waals surface area (Å²) in [6.07, 6.45) is 5.05. The summed E-state index contributed by atoms with van der Waals surface area (Å²) in [6, 6.07) is 0. The average molecular weight is 385 g/mol. The smallest absolute Gasteiger partial charge is 0.410 e. The normalized spacial score (nSPS) is 25.6. The first-order valence-electron chi connectivity index (χ1n) is 9.15. The highest BCUT2D eigenvalue weighted by atomic mass is 32.2. The second kappa shape index (κ2) is 8.08. The van der Waals surface area contributed by atoms with E-state index in [0.717, 1.165) is 31.5 Å². The molecular formula is C18H32N4O3S. The summed E-state index contributed by atoms with van der Waals surface area (Å²) in [5.74, 6) is 1.23. The van der Waals surface area contributed by atoms with Crippen LogP contribution in [0.3, 0.4) is 0 Å². The van der Waals surface area contributed by atoms with E-state index < -0.39 is 16.6 Å². The molecule has 0 aromatic carbocycles. The van der Waals surface area contributed by atoms with Crippen molar-refractivity contribution in [1.29, 1.82) is 0 Å². The number of nitrogens with two attached hydrogens (primary N) is 1. The van der Waals surface area contributed by atoms with Gasteiger partial charge >= 0.3 is 6.09 Å². The lowest BCUT2D eigenvalue weighted by Gasteiger charge is -2.33. The summed E-state index contributed by atoms with van der Waals surface area (Å²) in [5, 5.41) is 9.00. The molecule has 8 heteroatoms. The van der Waals surface area contributed by atoms with Crippen molar-refractivity contribution in [3.8, 4) is 0 Å². The van der Waals surface area contributed by atoms with Crippen molar-refractivity contribution in [3.05, 3.63) is 11.1 Å². The SMILES string of the molecule is CC(C)(C)OC(=O)N1CC(CCN=C2CCC=C(S(N)=O)N2)CC1(C)C. The molecule has 0 spiro atoms. The van der Waals surface area contributed by atoms with Gasteiger partial charge < -0.3 is 15.0 Å². The van der Waals surface area contributed by atoms with Gasteiger partial charge in [-0.25, -0.2) is 14.1 Å². The number of nitrogens with zero attached hydrogens (tertiary/aromatic N) is 2. The minimum Gasteiger partial charge on any atom is -0.444 e. The lowest BCUT2D eigenvalue weighted by Crippen LogP contribution is -2.45. The minimum atomic E-state index is -1.50. The van der Waals surface area contributed by atoms with E-state index >= 15 is 0 Å². The fourth-order valence-electron chi connectivity index (χ4n) is 3.45. The Morgan fingerprint density at radius 2 is 2.19 bits per heavy atom. The highest BCUT2D eigenvalue weighted by Crippen LogP contribution is 2.35. The maximum absolute atomic E-state index is 12.5. The highest BCUT2D eigenvalue weighted by molar-refractivity contribution is 7.86. The van der Waals surface area contributed by atoms with Crippen LogP contribution in [0.5, 0.6) is 0 Å². The molecule has 26 heavy (non-hydrogen) atoms. The van der Waals surface area contributed by atoms with Gasteiger partial charge in [0.15, 0.2) is 0 Å². The first-order valence-corrected chi connectivity index (χ1v) is 10.4. The second-order valence-corrected chi connectivity index (χ2v) is 9.65. The number of aliphatic imine (C=N–C) groups is 1. The van der Waals surface area contributed by atoms with Crippen LogP contribution >= 0.6 is 0 Å². The Morgan fingerprint density at radius 3 is 2.81 bits per heavy atom. The van der Waals surface area contributed by atoms with Gasteiger partial charge in [-0.05, 0) is 65.9 Å². The van der Waals surface area contributed by atoms with Gasteiger partial charge in [0.25, 0.3) is 0 Å². The van der Waals surface area contributed by atoms with Crippen molar-refractivity contribution in [2.75, 3.05) is 13.1 Å². The van der Waals surface area contributed by atoms with Crippen LogP contribution in [0.25, 0.3) is 0 Å². The van der Waals surface area contributed by atoms with E-state index in [2.05, 4.69) is 24.2 Å². The molecule has 0 radical (unpaired) electrons. The van der Waals surface area contributed by atoms with Gasteiger partial charge in [-0.15, -0.1) is 0 Å². The largest absolute Gasteiger partial charge is 0.444 e. The number of carbonyl (C=O) groups is 1. The van der Waals surface area contributed by atoms with Crippen LogP contribution in [-0.4, -0.2) is 45.3 Å². The lowest BCUT2D eigenvalue weighted by molar-refractivity contribution is 0.0131. The molecule has 1 saturated heterocycles. The molecule has 2 rings (SSSR count). The quantitative estimate of drug-likeness (QED) is 0.779. The summed E-state index contributed by atoms with van der Waals surface area (Å²) in [7, 11) is -1.50. The number of amidine groups is 1. The van der Waals surface area contributed by atoms with Crippen LogP contribution in [0.2, 0.25) is 0 Å². The van der Waals surface area contributed by atoms with E-state index in [-0.39, 0.29) is 11.6 Å². The number of ether oxygens (including phenoxy) is 1. The molecule has 2 unspecified atom stereocenters. The van der Waals surface area contributed by atoms with Crippen LogP contribution in [-0.2, 0) is 15.7 Å². The van der Waals surface area contributed by atoms with Crippen LogP contribution < -0.4 is 10.5 Å². The molecule has 0 bridgehead atoms. The van der Waals surface area contributed by atoms with Crippen molar-refractivity contribution >= 4 is 22.9 Å². The molecule has 0 aromatic rings. The van der Waals surface area contributed by atoms with E-state index in [1.165, 1.54) is 0 Å². The molecule has 2 aliphatic rings. The van der Waals surface area contributed by atoms with Crippen LogP contribution in [0, 0.1) is 5.92 Å². The van der Waals surface area contributed by atoms with E-state index in [1.54, 1.807) is 0 Å². The number of carbonyl (C=O) groups excluding carboxylic acids is 1. The van der Waals surface area contributed by atoms with Crippen molar-refractivity contribution in [3.63, 3.8) is 0 Å². The zero-order valence-electron chi connectivity index (χ0n) is 16.5. The number of rotatable bonds is 4. The van der Waals surface area contributed by atoms with Crippen LogP contribution in [0.15, 0.2) is 16.1 Å². The number of hydrogen-bond acceptors (Lipinski definition) is 4. The Kier molecular flexibility index (Phi) is 6.50. The molecule has 7 nitrogen and oxygen atoms in total. The second-order valence-electron chi connectivity index (χ2n) is 8.62. The Labute approximate surface area is 159 Å². The van der Waals surface area contributed by atoms with E-state index in [0.29, 0.717) is 24.0 Å². The monoisotopic (exact) mass is 384 g/mol. The van der Waals surface area contributed by atoms with Gasteiger partial charge in [-0.1, -0.05) is 0 Å². The predicted octanol–water partition coefficient (Wildman–Crippen LogP) is 2.66. The molecule has 1 amide bonds. The Morgan fingerprint density at radius 1 is 1.50 bits per heavy atom. The molecule has 148 valence electrons. The zero-order chi connectivity index (χ0) is 19.5. The van der Waals surface area contributed by atoms with Crippen LogP contribution in [0.1, 0.15) is 60.3 Å². The predicted molar refractivity (Wildman–Crippen MR) is 105 cm³/mol. The van der Waals surface area contributed by atoms with Gasteiger partial charge in [0, 0.05) is 25.0 Å². The standard InChI is InChI=1S/C18H32N4O3S/c1-17(2,3)25-16(23)22-12-13(11-18(22,4)5)9-10-20-14-7-6-8-15(21-14)26(19)24/h8,13H,6-7,9-12,19H2,1-5H3,(H,20,21). The third kappa shape index (κ3) is 5.81. The first kappa shape index (κ1) is 20.9. The fourth-order valence-corrected chi connectivity index (χ4v) is 3.95. The molecule has 2 atom stereocenters. The van der Waals surface area contributed by atoms with Crippen molar-refractivity contribution in [2.45, 2.75) is 71.4 Å². The Hall–Kier alpha value is -1.41.